The molecule has 6 nitrogen and oxygen atoms in total. The fourth-order valence-electron chi connectivity index (χ4n) is 2.58. The van der Waals surface area contributed by atoms with Crippen LogP contribution in [0.3, 0.4) is 0 Å². The number of aromatic nitrogens is 4. The van der Waals surface area contributed by atoms with Gasteiger partial charge in [0.25, 0.3) is 0 Å². The van der Waals surface area contributed by atoms with Gasteiger partial charge in [-0.3, -0.25) is 4.98 Å². The molecule has 2 aromatic rings. The molecule has 2 aromatic heterocycles. The third-order valence-electron chi connectivity index (χ3n) is 3.94. The zero-order chi connectivity index (χ0) is 13.3. The summed E-state index contributed by atoms with van der Waals surface area (Å²) in [5, 5.41) is 7.43. The summed E-state index contributed by atoms with van der Waals surface area (Å²) in [5.74, 6) is 1.65. The van der Waals surface area contributed by atoms with Gasteiger partial charge in [0.1, 0.15) is 5.69 Å². The molecule has 19 heavy (non-hydrogen) atoms. The van der Waals surface area contributed by atoms with E-state index in [0.717, 1.165) is 19.5 Å². The van der Waals surface area contributed by atoms with Crippen molar-refractivity contribution in [3.05, 3.63) is 24.5 Å². The van der Waals surface area contributed by atoms with Crippen LogP contribution in [0.4, 0.5) is 0 Å². The molecule has 0 spiro atoms. The topological polar surface area (TPSA) is 76.7 Å². The summed E-state index contributed by atoms with van der Waals surface area (Å²) < 4.78 is 5.50. The fraction of sp³-hybridized carbons (Fsp3) is 0.538. The molecule has 6 heteroatoms. The highest BCUT2D eigenvalue weighted by Gasteiger charge is 2.43. The van der Waals surface area contributed by atoms with E-state index in [-0.39, 0.29) is 5.41 Å². The van der Waals surface area contributed by atoms with Crippen molar-refractivity contribution in [3.8, 4) is 11.5 Å². The van der Waals surface area contributed by atoms with Crippen molar-refractivity contribution in [3.63, 3.8) is 0 Å². The van der Waals surface area contributed by atoms with Crippen molar-refractivity contribution >= 4 is 0 Å². The summed E-state index contributed by atoms with van der Waals surface area (Å²) in [6.45, 7) is 6.26. The average Bonchev–Trinajstić information content (AvgIpc) is 3.09. The molecule has 1 unspecified atom stereocenters. The SMILES string of the molecule is CC(C)C1(c2nc(-c3cnccn3)no2)CCNC1. The number of nitrogens with zero attached hydrogens (tertiary/aromatic N) is 4. The smallest absolute Gasteiger partial charge is 0.234 e. The second kappa shape index (κ2) is 4.70. The van der Waals surface area contributed by atoms with Crippen LogP contribution in [0.15, 0.2) is 23.1 Å². The molecule has 100 valence electrons. The van der Waals surface area contributed by atoms with E-state index in [0.29, 0.717) is 23.3 Å². The first-order valence-electron chi connectivity index (χ1n) is 6.54. The van der Waals surface area contributed by atoms with Crippen LogP contribution in [0, 0.1) is 5.92 Å². The summed E-state index contributed by atoms with van der Waals surface area (Å²) in [7, 11) is 0. The highest BCUT2D eigenvalue weighted by atomic mass is 16.5. The Balaban J connectivity index is 1.97. The van der Waals surface area contributed by atoms with Crippen LogP contribution >= 0.6 is 0 Å². The molecule has 1 saturated heterocycles. The molecule has 1 atom stereocenters. The maximum Gasteiger partial charge on any atom is 0.234 e. The summed E-state index contributed by atoms with van der Waals surface area (Å²) in [6, 6.07) is 0. The van der Waals surface area contributed by atoms with E-state index in [1.54, 1.807) is 18.6 Å². The lowest BCUT2D eigenvalue weighted by Crippen LogP contribution is -2.35. The summed E-state index contributed by atoms with van der Waals surface area (Å²) in [6.07, 6.45) is 5.91. The van der Waals surface area contributed by atoms with Gasteiger partial charge in [-0.05, 0) is 18.9 Å². The van der Waals surface area contributed by atoms with Crippen LogP contribution in [-0.4, -0.2) is 33.2 Å². The van der Waals surface area contributed by atoms with Crippen molar-refractivity contribution in [2.75, 3.05) is 13.1 Å². The Kier molecular flexibility index (Phi) is 3.02. The molecule has 1 N–H and O–H groups in total. The lowest BCUT2D eigenvalue weighted by Gasteiger charge is -2.27. The average molecular weight is 259 g/mol. The van der Waals surface area contributed by atoms with Crippen molar-refractivity contribution in [1.29, 1.82) is 0 Å². The molecule has 1 fully saturated rings. The van der Waals surface area contributed by atoms with Gasteiger partial charge >= 0.3 is 0 Å². The van der Waals surface area contributed by atoms with Gasteiger partial charge in [-0.2, -0.15) is 4.98 Å². The number of nitrogens with one attached hydrogen (secondary N) is 1. The van der Waals surface area contributed by atoms with Crippen LogP contribution in [0.2, 0.25) is 0 Å². The van der Waals surface area contributed by atoms with Gasteiger partial charge in [0.15, 0.2) is 0 Å². The lowest BCUT2D eigenvalue weighted by atomic mass is 9.76. The number of hydrogen-bond acceptors (Lipinski definition) is 6. The van der Waals surface area contributed by atoms with Crippen LogP contribution < -0.4 is 5.32 Å². The molecule has 3 heterocycles. The standard InChI is InChI=1S/C13H17N5O/c1-9(2)13(3-4-15-8-13)12-17-11(18-19-12)10-7-14-5-6-16-10/h5-7,9,15H,3-4,8H2,1-2H3. The van der Waals surface area contributed by atoms with E-state index in [1.807, 2.05) is 0 Å². The maximum absolute atomic E-state index is 5.50. The van der Waals surface area contributed by atoms with Gasteiger partial charge in [-0.25, -0.2) is 4.98 Å². The highest BCUT2D eigenvalue weighted by Crippen LogP contribution is 2.37. The Morgan fingerprint density at radius 1 is 1.37 bits per heavy atom. The molecule has 1 aliphatic heterocycles. The molecule has 0 amide bonds. The van der Waals surface area contributed by atoms with Gasteiger partial charge < -0.3 is 9.84 Å². The molecule has 1 aliphatic rings. The van der Waals surface area contributed by atoms with Crippen LogP contribution in [0.5, 0.6) is 0 Å². The quantitative estimate of drug-likeness (QED) is 0.898. The first-order chi connectivity index (χ1) is 9.22. The van der Waals surface area contributed by atoms with Gasteiger partial charge in [0.2, 0.25) is 11.7 Å². The number of rotatable bonds is 3. The Morgan fingerprint density at radius 3 is 2.89 bits per heavy atom. The summed E-state index contributed by atoms with van der Waals surface area (Å²) >= 11 is 0. The highest BCUT2D eigenvalue weighted by molar-refractivity contribution is 5.45. The summed E-state index contributed by atoms with van der Waals surface area (Å²) in [5.41, 5.74) is 0.579. The van der Waals surface area contributed by atoms with Crippen molar-refractivity contribution in [1.82, 2.24) is 25.4 Å². The second-order valence-corrected chi connectivity index (χ2v) is 5.25. The van der Waals surface area contributed by atoms with Crippen LogP contribution in [0.1, 0.15) is 26.2 Å². The Hall–Kier alpha value is -1.82. The van der Waals surface area contributed by atoms with Gasteiger partial charge in [-0.1, -0.05) is 19.0 Å². The molecular weight excluding hydrogens is 242 g/mol. The van der Waals surface area contributed by atoms with E-state index >= 15 is 0 Å². The van der Waals surface area contributed by atoms with E-state index < -0.39 is 0 Å². The second-order valence-electron chi connectivity index (χ2n) is 5.25. The predicted octanol–water partition coefficient (Wildman–Crippen LogP) is 1.41. The van der Waals surface area contributed by atoms with Crippen molar-refractivity contribution in [2.45, 2.75) is 25.7 Å². The Labute approximate surface area is 111 Å². The Morgan fingerprint density at radius 2 is 2.26 bits per heavy atom. The van der Waals surface area contributed by atoms with Crippen molar-refractivity contribution in [2.24, 2.45) is 5.92 Å². The third-order valence-corrected chi connectivity index (χ3v) is 3.94. The lowest BCUT2D eigenvalue weighted by molar-refractivity contribution is 0.234. The molecule has 0 saturated carbocycles. The van der Waals surface area contributed by atoms with Crippen LogP contribution in [0.25, 0.3) is 11.5 Å². The minimum atomic E-state index is -0.0620. The molecule has 3 rings (SSSR count). The zero-order valence-electron chi connectivity index (χ0n) is 11.1. The van der Waals surface area contributed by atoms with Gasteiger partial charge in [0, 0.05) is 18.9 Å². The molecular formula is C13H17N5O. The van der Waals surface area contributed by atoms with Crippen LogP contribution in [-0.2, 0) is 5.41 Å². The molecule has 0 radical (unpaired) electrons. The van der Waals surface area contributed by atoms with Crippen molar-refractivity contribution < 1.29 is 4.52 Å². The third kappa shape index (κ3) is 2.02. The molecule has 0 bridgehead atoms. The van der Waals surface area contributed by atoms with Gasteiger partial charge in [-0.15, -0.1) is 0 Å². The zero-order valence-corrected chi connectivity index (χ0v) is 11.1. The van der Waals surface area contributed by atoms with E-state index in [1.165, 1.54) is 0 Å². The predicted molar refractivity (Wildman–Crippen MR) is 69.3 cm³/mol. The Bertz CT molecular complexity index is 545. The van der Waals surface area contributed by atoms with E-state index in [2.05, 4.69) is 39.3 Å². The van der Waals surface area contributed by atoms with Gasteiger partial charge in [0.05, 0.1) is 11.6 Å². The monoisotopic (exact) mass is 259 g/mol. The fourth-order valence-corrected chi connectivity index (χ4v) is 2.58. The number of hydrogen-bond donors (Lipinski definition) is 1. The molecule has 0 aromatic carbocycles. The summed E-state index contributed by atoms with van der Waals surface area (Å²) in [4.78, 5) is 12.8. The normalized spacial score (nSPS) is 23.1. The van der Waals surface area contributed by atoms with E-state index in [9.17, 15) is 0 Å². The minimum Gasteiger partial charge on any atom is -0.338 e. The first-order valence-corrected chi connectivity index (χ1v) is 6.54. The molecule has 0 aliphatic carbocycles. The maximum atomic E-state index is 5.50. The first kappa shape index (κ1) is 12.2. The largest absolute Gasteiger partial charge is 0.338 e. The van der Waals surface area contributed by atoms with E-state index in [4.69, 9.17) is 4.52 Å². The minimum absolute atomic E-state index is 0.0620.